The smallest absolute Gasteiger partial charge is 0.223 e. The molecule has 0 spiro atoms. The molecule has 0 aliphatic heterocycles. The predicted octanol–water partition coefficient (Wildman–Crippen LogP) is 1.98. The number of hydrogen-bond acceptors (Lipinski definition) is 3. The zero-order valence-electron chi connectivity index (χ0n) is 10.7. The van der Waals surface area contributed by atoms with Crippen LogP contribution in [0.3, 0.4) is 0 Å². The molecule has 1 amide bonds. The van der Waals surface area contributed by atoms with Crippen LogP contribution in [0.5, 0.6) is 5.75 Å². The lowest BCUT2D eigenvalue weighted by Gasteiger charge is -2.13. The van der Waals surface area contributed by atoms with E-state index in [2.05, 4.69) is 5.32 Å². The van der Waals surface area contributed by atoms with E-state index in [1.54, 1.807) is 19.0 Å². The number of rotatable bonds is 6. The van der Waals surface area contributed by atoms with Crippen molar-refractivity contribution in [2.75, 3.05) is 32.6 Å². The minimum atomic E-state index is 0.117. The molecule has 0 aliphatic carbocycles. The third-order valence-electron chi connectivity index (χ3n) is 2.34. The van der Waals surface area contributed by atoms with Crippen molar-refractivity contribution in [2.24, 2.45) is 0 Å². The van der Waals surface area contributed by atoms with Crippen molar-refractivity contribution in [1.82, 2.24) is 4.90 Å². The lowest BCUT2D eigenvalue weighted by molar-refractivity contribution is -0.128. The molecule has 1 aromatic rings. The Bertz CT molecular complexity index is 364. The van der Waals surface area contributed by atoms with Gasteiger partial charge in [0.1, 0.15) is 5.75 Å². The molecule has 0 heterocycles. The molecule has 4 nitrogen and oxygen atoms in total. The van der Waals surface area contributed by atoms with Crippen LogP contribution in [0.25, 0.3) is 0 Å². The first-order chi connectivity index (χ1) is 8.15. The summed E-state index contributed by atoms with van der Waals surface area (Å²) in [6, 6.07) is 7.74. The van der Waals surface area contributed by atoms with Gasteiger partial charge in [-0.05, 0) is 19.1 Å². The Labute approximate surface area is 103 Å². The van der Waals surface area contributed by atoms with Gasteiger partial charge in [0.05, 0.1) is 12.3 Å². The lowest BCUT2D eigenvalue weighted by Crippen LogP contribution is -2.23. The van der Waals surface area contributed by atoms with E-state index in [4.69, 9.17) is 4.74 Å². The van der Waals surface area contributed by atoms with Gasteiger partial charge in [0, 0.05) is 27.1 Å². The maximum Gasteiger partial charge on any atom is 0.223 e. The molecule has 0 saturated carbocycles. The summed E-state index contributed by atoms with van der Waals surface area (Å²) in [6.07, 6.45) is 0.480. The fourth-order valence-corrected chi connectivity index (χ4v) is 1.42. The quantitative estimate of drug-likeness (QED) is 0.821. The van der Waals surface area contributed by atoms with Crippen LogP contribution in [0, 0.1) is 0 Å². The molecule has 0 atom stereocenters. The van der Waals surface area contributed by atoms with E-state index >= 15 is 0 Å². The number of para-hydroxylation sites is 2. The van der Waals surface area contributed by atoms with Gasteiger partial charge < -0.3 is 15.0 Å². The Morgan fingerprint density at radius 3 is 2.71 bits per heavy atom. The molecular weight excluding hydrogens is 216 g/mol. The van der Waals surface area contributed by atoms with Crippen LogP contribution in [0.15, 0.2) is 24.3 Å². The molecule has 1 rings (SSSR count). The summed E-state index contributed by atoms with van der Waals surface area (Å²) in [7, 11) is 3.52. The highest BCUT2D eigenvalue weighted by atomic mass is 16.5. The molecular formula is C13H20N2O2. The molecule has 1 N–H and O–H groups in total. The van der Waals surface area contributed by atoms with Gasteiger partial charge in [0.15, 0.2) is 0 Å². The fraction of sp³-hybridized carbons (Fsp3) is 0.462. The van der Waals surface area contributed by atoms with E-state index in [1.165, 1.54) is 0 Å². The van der Waals surface area contributed by atoms with Crippen molar-refractivity contribution in [3.05, 3.63) is 24.3 Å². The SMILES string of the molecule is CCOc1ccccc1NCCC(=O)N(C)C. The van der Waals surface area contributed by atoms with Crippen molar-refractivity contribution in [1.29, 1.82) is 0 Å². The van der Waals surface area contributed by atoms with E-state index < -0.39 is 0 Å². The van der Waals surface area contributed by atoms with Crippen LogP contribution in [0.2, 0.25) is 0 Å². The highest BCUT2D eigenvalue weighted by molar-refractivity contribution is 5.76. The molecule has 4 heteroatoms. The molecule has 0 aromatic heterocycles. The first kappa shape index (κ1) is 13.4. The van der Waals surface area contributed by atoms with Gasteiger partial charge in [-0.25, -0.2) is 0 Å². The zero-order chi connectivity index (χ0) is 12.7. The zero-order valence-corrected chi connectivity index (χ0v) is 10.7. The Kier molecular flexibility index (Phi) is 5.33. The summed E-state index contributed by atoms with van der Waals surface area (Å²) in [4.78, 5) is 13.0. The summed E-state index contributed by atoms with van der Waals surface area (Å²) >= 11 is 0. The van der Waals surface area contributed by atoms with Crippen LogP contribution in [0.4, 0.5) is 5.69 Å². The highest BCUT2D eigenvalue weighted by Gasteiger charge is 2.05. The molecule has 0 saturated heterocycles. The Morgan fingerprint density at radius 2 is 2.06 bits per heavy atom. The minimum Gasteiger partial charge on any atom is -0.492 e. The molecule has 0 radical (unpaired) electrons. The summed E-state index contributed by atoms with van der Waals surface area (Å²) in [5.74, 6) is 0.943. The van der Waals surface area contributed by atoms with Crippen molar-refractivity contribution in [2.45, 2.75) is 13.3 Å². The second kappa shape index (κ2) is 6.78. The van der Waals surface area contributed by atoms with Gasteiger partial charge in [0.2, 0.25) is 5.91 Å². The molecule has 0 aliphatic rings. The minimum absolute atomic E-state index is 0.117. The molecule has 0 bridgehead atoms. The lowest BCUT2D eigenvalue weighted by atomic mass is 10.3. The predicted molar refractivity (Wildman–Crippen MR) is 69.4 cm³/mol. The maximum absolute atomic E-state index is 11.4. The fourth-order valence-electron chi connectivity index (χ4n) is 1.42. The molecule has 0 unspecified atom stereocenters. The first-order valence-corrected chi connectivity index (χ1v) is 5.81. The largest absolute Gasteiger partial charge is 0.492 e. The van der Waals surface area contributed by atoms with E-state index in [0.717, 1.165) is 11.4 Å². The van der Waals surface area contributed by atoms with Crippen molar-refractivity contribution >= 4 is 11.6 Å². The first-order valence-electron chi connectivity index (χ1n) is 5.81. The van der Waals surface area contributed by atoms with Gasteiger partial charge in [0.25, 0.3) is 0 Å². The standard InChI is InChI=1S/C13H20N2O2/c1-4-17-12-8-6-5-7-11(12)14-10-9-13(16)15(2)3/h5-8,14H,4,9-10H2,1-3H3. The van der Waals surface area contributed by atoms with E-state index in [-0.39, 0.29) is 5.91 Å². The molecule has 17 heavy (non-hydrogen) atoms. The number of carbonyl (C=O) groups is 1. The van der Waals surface area contributed by atoms with Crippen LogP contribution in [0.1, 0.15) is 13.3 Å². The number of anilines is 1. The van der Waals surface area contributed by atoms with Crippen LogP contribution < -0.4 is 10.1 Å². The molecule has 1 aromatic carbocycles. The maximum atomic E-state index is 11.4. The topological polar surface area (TPSA) is 41.6 Å². The van der Waals surface area contributed by atoms with Crippen LogP contribution >= 0.6 is 0 Å². The van der Waals surface area contributed by atoms with Gasteiger partial charge in [-0.2, -0.15) is 0 Å². The number of carbonyl (C=O) groups excluding carboxylic acids is 1. The summed E-state index contributed by atoms with van der Waals surface area (Å²) in [5, 5.41) is 3.21. The van der Waals surface area contributed by atoms with E-state index in [9.17, 15) is 4.79 Å². The van der Waals surface area contributed by atoms with E-state index in [1.807, 2.05) is 31.2 Å². The van der Waals surface area contributed by atoms with Crippen molar-refractivity contribution in [3.8, 4) is 5.75 Å². The number of benzene rings is 1. The summed E-state index contributed by atoms with van der Waals surface area (Å²) in [6.45, 7) is 3.20. The number of hydrogen-bond donors (Lipinski definition) is 1. The summed E-state index contributed by atoms with van der Waals surface area (Å²) in [5.41, 5.74) is 0.931. The normalized spacial score (nSPS) is 9.82. The summed E-state index contributed by atoms with van der Waals surface area (Å²) < 4.78 is 5.48. The second-order valence-corrected chi connectivity index (χ2v) is 3.89. The van der Waals surface area contributed by atoms with Gasteiger partial charge in [-0.3, -0.25) is 4.79 Å². The average Bonchev–Trinajstić information content (AvgIpc) is 2.31. The monoisotopic (exact) mass is 236 g/mol. The third kappa shape index (κ3) is 4.34. The number of ether oxygens (including phenoxy) is 1. The third-order valence-corrected chi connectivity index (χ3v) is 2.34. The second-order valence-electron chi connectivity index (χ2n) is 3.89. The molecule has 0 fully saturated rings. The average molecular weight is 236 g/mol. The number of amides is 1. The van der Waals surface area contributed by atoms with Crippen molar-refractivity contribution < 1.29 is 9.53 Å². The molecule has 94 valence electrons. The Balaban J connectivity index is 2.48. The van der Waals surface area contributed by atoms with Gasteiger partial charge in [-0.1, -0.05) is 12.1 Å². The highest BCUT2D eigenvalue weighted by Crippen LogP contribution is 2.23. The van der Waals surface area contributed by atoms with Crippen molar-refractivity contribution in [3.63, 3.8) is 0 Å². The number of nitrogens with zero attached hydrogens (tertiary/aromatic N) is 1. The van der Waals surface area contributed by atoms with Crippen LogP contribution in [-0.4, -0.2) is 38.1 Å². The van der Waals surface area contributed by atoms with Gasteiger partial charge in [-0.15, -0.1) is 0 Å². The van der Waals surface area contributed by atoms with E-state index in [0.29, 0.717) is 19.6 Å². The number of nitrogens with one attached hydrogen (secondary N) is 1. The van der Waals surface area contributed by atoms with Gasteiger partial charge >= 0.3 is 0 Å². The van der Waals surface area contributed by atoms with Crippen LogP contribution in [-0.2, 0) is 4.79 Å². The Morgan fingerprint density at radius 1 is 1.35 bits per heavy atom. The Hall–Kier alpha value is -1.71.